The van der Waals surface area contributed by atoms with E-state index in [4.69, 9.17) is 0 Å². The highest BCUT2D eigenvalue weighted by molar-refractivity contribution is 4.96. The Labute approximate surface area is 82.7 Å². The van der Waals surface area contributed by atoms with E-state index in [2.05, 4.69) is 33.1 Å². The molecule has 0 saturated heterocycles. The van der Waals surface area contributed by atoms with E-state index in [1.807, 2.05) is 0 Å². The van der Waals surface area contributed by atoms with Crippen LogP contribution in [0.4, 0.5) is 0 Å². The van der Waals surface area contributed by atoms with Gasteiger partial charge in [0.2, 0.25) is 0 Å². The lowest BCUT2D eigenvalue weighted by Gasteiger charge is -2.19. The van der Waals surface area contributed by atoms with Crippen molar-refractivity contribution in [1.29, 1.82) is 0 Å². The molecule has 0 bridgehead atoms. The van der Waals surface area contributed by atoms with Crippen molar-refractivity contribution in [2.75, 3.05) is 0 Å². The maximum atomic E-state index is 3.68. The van der Waals surface area contributed by atoms with Crippen LogP contribution in [-0.4, -0.2) is 0 Å². The first-order valence-corrected chi connectivity index (χ1v) is 5.49. The Morgan fingerprint density at radius 3 is 2.46 bits per heavy atom. The summed E-state index contributed by atoms with van der Waals surface area (Å²) < 4.78 is 0. The van der Waals surface area contributed by atoms with Gasteiger partial charge in [-0.1, -0.05) is 33.3 Å². The number of rotatable bonds is 5. The molecule has 0 aromatic heterocycles. The standard InChI is InChI=1S/C13H22/c1-5-10(2)8-11(3)12(4)9-13-6-7-13/h11-13H,1,6-9H2,2-4H3. The van der Waals surface area contributed by atoms with Crippen molar-refractivity contribution >= 4 is 0 Å². The van der Waals surface area contributed by atoms with Crippen molar-refractivity contribution in [3.63, 3.8) is 0 Å². The first-order chi connectivity index (χ1) is 6.13. The van der Waals surface area contributed by atoms with Crippen molar-refractivity contribution in [3.05, 3.63) is 17.9 Å². The highest BCUT2D eigenvalue weighted by atomic mass is 14.3. The van der Waals surface area contributed by atoms with E-state index in [0.717, 1.165) is 17.8 Å². The molecule has 1 rings (SSSR count). The van der Waals surface area contributed by atoms with Crippen LogP contribution in [0.3, 0.4) is 0 Å². The van der Waals surface area contributed by atoms with Gasteiger partial charge in [0.05, 0.1) is 0 Å². The average Bonchev–Trinajstić information content (AvgIpc) is 2.87. The van der Waals surface area contributed by atoms with Crippen LogP contribution in [-0.2, 0) is 0 Å². The summed E-state index contributed by atoms with van der Waals surface area (Å²) in [7, 11) is 0. The van der Waals surface area contributed by atoms with E-state index in [0.29, 0.717) is 0 Å². The van der Waals surface area contributed by atoms with Crippen molar-refractivity contribution < 1.29 is 0 Å². The summed E-state index contributed by atoms with van der Waals surface area (Å²) in [4.78, 5) is 0. The summed E-state index contributed by atoms with van der Waals surface area (Å²) >= 11 is 0. The lowest BCUT2D eigenvalue weighted by Crippen LogP contribution is -2.09. The summed E-state index contributed by atoms with van der Waals surface area (Å²) in [6.45, 7) is 10.6. The van der Waals surface area contributed by atoms with E-state index < -0.39 is 0 Å². The Morgan fingerprint density at radius 2 is 2.00 bits per heavy atom. The molecular weight excluding hydrogens is 156 g/mol. The van der Waals surface area contributed by atoms with E-state index in [9.17, 15) is 0 Å². The molecule has 2 unspecified atom stereocenters. The zero-order valence-electron chi connectivity index (χ0n) is 9.27. The molecule has 1 aliphatic rings. The van der Waals surface area contributed by atoms with E-state index in [-0.39, 0.29) is 0 Å². The van der Waals surface area contributed by atoms with E-state index in [1.54, 1.807) is 0 Å². The second-order valence-electron chi connectivity index (χ2n) is 4.79. The fourth-order valence-electron chi connectivity index (χ4n) is 1.87. The zero-order valence-corrected chi connectivity index (χ0v) is 9.27. The third kappa shape index (κ3) is 3.83. The zero-order chi connectivity index (χ0) is 9.84. The SMILES string of the molecule is C=C=C(C)CC(C)C(C)CC1CC1. The van der Waals surface area contributed by atoms with Gasteiger partial charge in [-0.25, -0.2) is 0 Å². The molecule has 0 heterocycles. The van der Waals surface area contributed by atoms with Crippen molar-refractivity contribution in [2.45, 2.75) is 46.5 Å². The van der Waals surface area contributed by atoms with Crippen LogP contribution in [0.1, 0.15) is 46.5 Å². The molecule has 1 fully saturated rings. The van der Waals surface area contributed by atoms with Gasteiger partial charge in [0.1, 0.15) is 0 Å². The second-order valence-corrected chi connectivity index (χ2v) is 4.79. The maximum Gasteiger partial charge on any atom is -0.0218 e. The molecule has 0 aromatic carbocycles. The minimum absolute atomic E-state index is 0.801. The fourth-order valence-corrected chi connectivity index (χ4v) is 1.87. The van der Waals surface area contributed by atoms with Crippen LogP contribution in [0.15, 0.2) is 17.9 Å². The maximum absolute atomic E-state index is 3.68. The molecule has 0 aromatic rings. The van der Waals surface area contributed by atoms with E-state index >= 15 is 0 Å². The molecule has 0 N–H and O–H groups in total. The smallest absolute Gasteiger partial charge is 0.0218 e. The number of hydrogen-bond donors (Lipinski definition) is 0. The average molecular weight is 178 g/mol. The lowest BCUT2D eigenvalue weighted by atomic mass is 9.86. The number of allylic oxidation sites excluding steroid dienone is 1. The molecule has 74 valence electrons. The molecule has 1 aliphatic carbocycles. The fraction of sp³-hybridized carbons (Fsp3) is 0.769. The third-order valence-corrected chi connectivity index (χ3v) is 3.30. The Balaban J connectivity index is 2.27. The van der Waals surface area contributed by atoms with Gasteiger partial charge >= 0.3 is 0 Å². The van der Waals surface area contributed by atoms with Gasteiger partial charge in [0, 0.05) is 0 Å². The molecule has 13 heavy (non-hydrogen) atoms. The Morgan fingerprint density at radius 1 is 1.38 bits per heavy atom. The van der Waals surface area contributed by atoms with Gasteiger partial charge in [0.25, 0.3) is 0 Å². The highest BCUT2D eigenvalue weighted by Crippen LogP contribution is 2.38. The minimum Gasteiger partial charge on any atom is -0.130 e. The van der Waals surface area contributed by atoms with Crippen molar-refractivity contribution in [1.82, 2.24) is 0 Å². The normalized spacial score (nSPS) is 20.5. The Hall–Kier alpha value is -0.480. The molecule has 1 saturated carbocycles. The topological polar surface area (TPSA) is 0 Å². The van der Waals surface area contributed by atoms with Gasteiger partial charge < -0.3 is 0 Å². The van der Waals surface area contributed by atoms with Crippen LogP contribution in [0.2, 0.25) is 0 Å². The van der Waals surface area contributed by atoms with E-state index in [1.165, 1.54) is 31.3 Å². The molecule has 0 spiro atoms. The summed E-state index contributed by atoms with van der Waals surface area (Å²) in [5, 5.41) is 0. The van der Waals surface area contributed by atoms with Gasteiger partial charge in [0.15, 0.2) is 0 Å². The van der Waals surface area contributed by atoms with Crippen LogP contribution in [0.25, 0.3) is 0 Å². The summed E-state index contributed by atoms with van der Waals surface area (Å²) in [6.07, 6.45) is 5.57. The van der Waals surface area contributed by atoms with Gasteiger partial charge in [-0.05, 0) is 43.1 Å². The predicted octanol–water partition coefficient (Wildman–Crippen LogP) is 4.18. The van der Waals surface area contributed by atoms with Crippen LogP contribution in [0.5, 0.6) is 0 Å². The molecule has 0 nitrogen and oxygen atoms in total. The molecule has 0 amide bonds. The molecule has 0 radical (unpaired) electrons. The van der Waals surface area contributed by atoms with Gasteiger partial charge in [-0.15, -0.1) is 5.73 Å². The summed E-state index contributed by atoms with van der Waals surface area (Å²) in [5.74, 6) is 2.73. The summed E-state index contributed by atoms with van der Waals surface area (Å²) in [6, 6.07) is 0. The Kier molecular flexibility index (Phi) is 3.81. The monoisotopic (exact) mass is 178 g/mol. The first-order valence-electron chi connectivity index (χ1n) is 5.49. The van der Waals surface area contributed by atoms with Gasteiger partial charge in [-0.3, -0.25) is 0 Å². The third-order valence-electron chi connectivity index (χ3n) is 3.30. The lowest BCUT2D eigenvalue weighted by molar-refractivity contribution is 0.346. The Bertz CT molecular complexity index is 204. The predicted molar refractivity (Wildman–Crippen MR) is 58.6 cm³/mol. The van der Waals surface area contributed by atoms with Crippen LogP contribution >= 0.6 is 0 Å². The highest BCUT2D eigenvalue weighted by Gasteiger charge is 2.25. The molecule has 2 atom stereocenters. The van der Waals surface area contributed by atoms with Crippen molar-refractivity contribution in [2.24, 2.45) is 17.8 Å². The largest absolute Gasteiger partial charge is 0.130 e. The van der Waals surface area contributed by atoms with Crippen molar-refractivity contribution in [3.8, 4) is 0 Å². The van der Waals surface area contributed by atoms with Crippen LogP contribution in [0, 0.1) is 17.8 Å². The van der Waals surface area contributed by atoms with Crippen LogP contribution < -0.4 is 0 Å². The minimum atomic E-state index is 0.801. The molecule has 0 aliphatic heterocycles. The first kappa shape index (κ1) is 10.6. The quantitative estimate of drug-likeness (QED) is 0.554. The molecule has 0 heteroatoms. The second kappa shape index (κ2) is 4.67. The molecular formula is C13H22. The number of hydrogen-bond acceptors (Lipinski definition) is 0. The summed E-state index contributed by atoms with van der Waals surface area (Å²) in [5.41, 5.74) is 4.30. The van der Waals surface area contributed by atoms with Gasteiger partial charge in [-0.2, -0.15) is 0 Å².